The highest BCUT2D eigenvalue weighted by atomic mass is 19.1. The molecule has 0 radical (unpaired) electrons. The third-order valence-corrected chi connectivity index (χ3v) is 2.01. The number of nitrogens with zero attached hydrogens (tertiary/aromatic N) is 1. The van der Waals surface area contributed by atoms with Crippen LogP contribution in [0.25, 0.3) is 0 Å². The number of nitriles is 1. The number of hydrogen-bond donors (Lipinski definition) is 0. The van der Waals surface area contributed by atoms with Crippen LogP contribution in [-0.4, -0.2) is 0 Å². The first-order valence-electron chi connectivity index (χ1n) is 4.46. The van der Waals surface area contributed by atoms with E-state index in [2.05, 4.69) is 12.6 Å². The van der Waals surface area contributed by atoms with E-state index in [9.17, 15) is 4.39 Å². The van der Waals surface area contributed by atoms with Crippen molar-refractivity contribution in [1.29, 1.82) is 5.26 Å². The van der Waals surface area contributed by atoms with Crippen LogP contribution in [0.5, 0.6) is 0 Å². The molecule has 0 N–H and O–H groups in total. The van der Waals surface area contributed by atoms with E-state index in [1.807, 2.05) is 6.92 Å². The fraction of sp³-hybridized carbons (Fsp3) is 0.250. The number of hydrogen-bond acceptors (Lipinski definition) is 1. The summed E-state index contributed by atoms with van der Waals surface area (Å²) in [6.07, 6.45) is 1.47. The molecule has 0 spiro atoms. The highest BCUT2D eigenvalue weighted by Gasteiger charge is 2.03. The molecule has 1 aromatic rings. The van der Waals surface area contributed by atoms with Crippen molar-refractivity contribution < 1.29 is 4.39 Å². The Hall–Kier alpha value is -1.62. The second-order valence-electron chi connectivity index (χ2n) is 3.37. The Labute approximate surface area is 83.5 Å². The van der Waals surface area contributed by atoms with Crippen molar-refractivity contribution >= 4 is 0 Å². The van der Waals surface area contributed by atoms with Crippen molar-refractivity contribution in [3.8, 4) is 6.07 Å². The lowest BCUT2D eigenvalue weighted by Crippen LogP contribution is -1.92. The van der Waals surface area contributed by atoms with Gasteiger partial charge in [-0.15, -0.1) is 6.58 Å². The lowest BCUT2D eigenvalue weighted by molar-refractivity contribution is 0.625. The van der Waals surface area contributed by atoms with Crippen molar-refractivity contribution in [2.24, 2.45) is 0 Å². The summed E-state index contributed by atoms with van der Waals surface area (Å²) in [4.78, 5) is 0. The van der Waals surface area contributed by atoms with Crippen LogP contribution in [0.1, 0.15) is 24.5 Å². The molecule has 0 saturated carbocycles. The van der Waals surface area contributed by atoms with Gasteiger partial charge < -0.3 is 0 Å². The van der Waals surface area contributed by atoms with Crippen molar-refractivity contribution in [2.75, 3.05) is 0 Å². The van der Waals surface area contributed by atoms with E-state index in [1.165, 1.54) is 18.2 Å². The molecule has 0 heterocycles. The Morgan fingerprint density at radius 1 is 1.57 bits per heavy atom. The minimum Gasteiger partial charge on any atom is -0.207 e. The molecule has 0 amide bonds. The van der Waals surface area contributed by atoms with Crippen LogP contribution in [0.15, 0.2) is 30.4 Å². The van der Waals surface area contributed by atoms with Gasteiger partial charge in [0.2, 0.25) is 0 Å². The van der Waals surface area contributed by atoms with Crippen molar-refractivity contribution in [2.45, 2.75) is 19.8 Å². The SMILES string of the molecule is C=C(C)CCc1cc(F)ccc1C#N. The average Bonchev–Trinajstić information content (AvgIpc) is 2.15. The fourth-order valence-corrected chi connectivity index (χ4v) is 1.23. The lowest BCUT2D eigenvalue weighted by atomic mass is 10.0. The van der Waals surface area contributed by atoms with Crippen LogP contribution in [0.2, 0.25) is 0 Å². The van der Waals surface area contributed by atoms with Gasteiger partial charge in [-0.05, 0) is 43.5 Å². The minimum absolute atomic E-state index is 0.291. The maximum Gasteiger partial charge on any atom is 0.123 e. The number of allylic oxidation sites excluding steroid dienone is 1. The Morgan fingerprint density at radius 3 is 2.86 bits per heavy atom. The van der Waals surface area contributed by atoms with Crippen molar-refractivity contribution in [3.63, 3.8) is 0 Å². The predicted octanol–water partition coefficient (Wildman–Crippen LogP) is 3.21. The summed E-state index contributed by atoms with van der Waals surface area (Å²) >= 11 is 0. The molecule has 1 rings (SSSR count). The van der Waals surface area contributed by atoms with E-state index < -0.39 is 0 Å². The Balaban J connectivity index is 2.89. The van der Waals surface area contributed by atoms with Crippen molar-refractivity contribution in [3.05, 3.63) is 47.3 Å². The zero-order valence-corrected chi connectivity index (χ0v) is 8.18. The van der Waals surface area contributed by atoms with E-state index in [0.717, 1.165) is 17.6 Å². The largest absolute Gasteiger partial charge is 0.207 e. The second-order valence-corrected chi connectivity index (χ2v) is 3.37. The zero-order chi connectivity index (χ0) is 10.6. The molecule has 0 bridgehead atoms. The minimum atomic E-state index is -0.291. The predicted molar refractivity (Wildman–Crippen MR) is 54.3 cm³/mol. The van der Waals surface area contributed by atoms with Crippen molar-refractivity contribution in [1.82, 2.24) is 0 Å². The van der Waals surface area contributed by atoms with Crippen LogP contribution in [-0.2, 0) is 6.42 Å². The molecule has 0 aliphatic carbocycles. The van der Waals surface area contributed by atoms with Crippen LogP contribution < -0.4 is 0 Å². The summed E-state index contributed by atoms with van der Waals surface area (Å²) in [5, 5.41) is 8.78. The summed E-state index contributed by atoms with van der Waals surface area (Å²) < 4.78 is 12.9. The Bertz CT molecular complexity index is 388. The van der Waals surface area contributed by atoms with Gasteiger partial charge in [-0.3, -0.25) is 0 Å². The fourth-order valence-electron chi connectivity index (χ4n) is 1.23. The van der Waals surface area contributed by atoms with E-state index in [1.54, 1.807) is 0 Å². The molecule has 2 heteroatoms. The molecule has 0 aromatic heterocycles. The summed E-state index contributed by atoms with van der Waals surface area (Å²) in [7, 11) is 0. The highest BCUT2D eigenvalue weighted by molar-refractivity contribution is 5.38. The van der Waals surface area contributed by atoms with E-state index >= 15 is 0 Å². The van der Waals surface area contributed by atoms with Crippen LogP contribution in [0, 0.1) is 17.1 Å². The third-order valence-electron chi connectivity index (χ3n) is 2.01. The maximum atomic E-state index is 12.9. The van der Waals surface area contributed by atoms with E-state index in [4.69, 9.17) is 5.26 Å². The molecule has 1 aromatic carbocycles. The number of halogens is 1. The monoisotopic (exact) mass is 189 g/mol. The lowest BCUT2D eigenvalue weighted by Gasteiger charge is -2.03. The average molecular weight is 189 g/mol. The van der Waals surface area contributed by atoms with Gasteiger partial charge in [0.25, 0.3) is 0 Å². The first kappa shape index (κ1) is 10.5. The van der Waals surface area contributed by atoms with Crippen LogP contribution >= 0.6 is 0 Å². The van der Waals surface area contributed by atoms with Gasteiger partial charge in [0.05, 0.1) is 11.6 Å². The van der Waals surface area contributed by atoms with Gasteiger partial charge in [-0.1, -0.05) is 5.57 Å². The Morgan fingerprint density at radius 2 is 2.29 bits per heavy atom. The third kappa shape index (κ3) is 2.70. The first-order valence-corrected chi connectivity index (χ1v) is 4.46. The van der Waals surface area contributed by atoms with Gasteiger partial charge in [-0.25, -0.2) is 4.39 Å². The molecule has 0 unspecified atom stereocenters. The smallest absolute Gasteiger partial charge is 0.123 e. The number of benzene rings is 1. The molecule has 14 heavy (non-hydrogen) atoms. The summed E-state index contributed by atoms with van der Waals surface area (Å²) in [5.74, 6) is -0.291. The molecule has 0 aliphatic rings. The summed E-state index contributed by atoms with van der Waals surface area (Å²) in [6.45, 7) is 5.69. The molecule has 1 nitrogen and oxygen atoms in total. The van der Waals surface area contributed by atoms with Gasteiger partial charge >= 0.3 is 0 Å². The molecule has 0 aliphatic heterocycles. The van der Waals surface area contributed by atoms with Gasteiger partial charge in [0.15, 0.2) is 0 Å². The molecule has 72 valence electrons. The molecule has 0 atom stereocenters. The van der Waals surface area contributed by atoms with Crippen LogP contribution in [0.4, 0.5) is 4.39 Å². The van der Waals surface area contributed by atoms with Gasteiger partial charge in [0, 0.05) is 0 Å². The molecule has 0 fully saturated rings. The topological polar surface area (TPSA) is 23.8 Å². The second kappa shape index (κ2) is 4.57. The summed E-state index contributed by atoms with van der Waals surface area (Å²) in [6, 6.07) is 6.29. The number of rotatable bonds is 3. The summed E-state index contributed by atoms with van der Waals surface area (Å²) in [5.41, 5.74) is 2.35. The number of aryl methyl sites for hydroxylation is 1. The maximum absolute atomic E-state index is 12.9. The molecule has 0 saturated heterocycles. The van der Waals surface area contributed by atoms with Crippen LogP contribution in [0.3, 0.4) is 0 Å². The zero-order valence-electron chi connectivity index (χ0n) is 8.18. The Kier molecular flexibility index (Phi) is 3.41. The highest BCUT2D eigenvalue weighted by Crippen LogP contribution is 2.14. The molecular weight excluding hydrogens is 177 g/mol. The van der Waals surface area contributed by atoms with E-state index in [-0.39, 0.29) is 5.82 Å². The molecular formula is C12H12FN. The van der Waals surface area contributed by atoms with E-state index in [0.29, 0.717) is 12.0 Å². The van der Waals surface area contributed by atoms with Gasteiger partial charge in [0.1, 0.15) is 5.82 Å². The standard InChI is InChI=1S/C12H12FN/c1-9(2)3-4-10-7-12(13)6-5-11(10)8-14/h5-7H,1,3-4H2,2H3. The first-order chi connectivity index (χ1) is 6.63. The quantitative estimate of drug-likeness (QED) is 0.670. The van der Waals surface area contributed by atoms with Gasteiger partial charge in [-0.2, -0.15) is 5.26 Å². The normalized spacial score (nSPS) is 9.50.